The number of carbonyl (C=O) groups is 5. The highest BCUT2D eigenvalue weighted by Gasteiger charge is 2.53. The standard InChI is InChI=1S/C39H38O9/c40-34(26-10-6-5-7-11-26)19-14-25-12-15-27(16-13-25)45-20-8-3-1-2-4-9-21-46-28-17-18-29-30(32-24-35(41)47-37(32)42)23-33-36(31(29)22-28)39(44)48-38(33)43/h5-7,10-19,22,30,32-33,36H,1-4,8-9,20-21,23-24H2. The Morgan fingerprint density at radius 3 is 2.00 bits per heavy atom. The molecule has 4 atom stereocenters. The van der Waals surface area contributed by atoms with Gasteiger partial charge in [-0.3, -0.25) is 24.0 Å². The van der Waals surface area contributed by atoms with Crippen molar-refractivity contribution in [3.8, 4) is 11.5 Å². The fourth-order valence-corrected chi connectivity index (χ4v) is 6.78. The minimum atomic E-state index is -0.733. The zero-order valence-corrected chi connectivity index (χ0v) is 26.6. The topological polar surface area (TPSA) is 122 Å². The number of benzene rings is 3. The van der Waals surface area contributed by atoms with Gasteiger partial charge in [0.2, 0.25) is 0 Å². The number of cyclic esters (lactones) is 4. The van der Waals surface area contributed by atoms with Gasteiger partial charge in [0.05, 0.1) is 37.4 Å². The minimum absolute atomic E-state index is 0.0283. The van der Waals surface area contributed by atoms with E-state index in [1.807, 2.05) is 54.6 Å². The summed E-state index contributed by atoms with van der Waals surface area (Å²) in [5.74, 6) is -3.49. The third-order valence-electron chi connectivity index (χ3n) is 9.29. The van der Waals surface area contributed by atoms with Crippen LogP contribution in [0.1, 0.15) is 90.3 Å². The van der Waals surface area contributed by atoms with Crippen molar-refractivity contribution in [2.45, 2.75) is 63.2 Å². The van der Waals surface area contributed by atoms with E-state index in [0.29, 0.717) is 30.1 Å². The minimum Gasteiger partial charge on any atom is -0.494 e. The number of hydrogen-bond donors (Lipinski definition) is 0. The van der Waals surface area contributed by atoms with Gasteiger partial charge in [-0.2, -0.15) is 0 Å². The van der Waals surface area contributed by atoms with E-state index < -0.39 is 47.5 Å². The smallest absolute Gasteiger partial charge is 0.321 e. The van der Waals surface area contributed by atoms with E-state index in [1.165, 1.54) is 0 Å². The summed E-state index contributed by atoms with van der Waals surface area (Å²) >= 11 is 0. The van der Waals surface area contributed by atoms with Gasteiger partial charge in [0.15, 0.2) is 5.78 Å². The maximum atomic E-state index is 12.6. The molecular formula is C39H38O9. The van der Waals surface area contributed by atoms with Gasteiger partial charge in [-0.1, -0.05) is 80.3 Å². The lowest BCUT2D eigenvalue weighted by Gasteiger charge is -2.33. The van der Waals surface area contributed by atoms with Crippen LogP contribution in [0, 0.1) is 11.8 Å². The highest BCUT2D eigenvalue weighted by Crippen LogP contribution is 2.51. The Labute approximate surface area is 279 Å². The quantitative estimate of drug-likeness (QED) is 0.0579. The third-order valence-corrected chi connectivity index (χ3v) is 9.29. The number of allylic oxidation sites excluding steroid dienone is 1. The van der Waals surface area contributed by atoms with Crippen molar-refractivity contribution in [3.05, 3.63) is 101 Å². The van der Waals surface area contributed by atoms with Crippen molar-refractivity contribution in [2.24, 2.45) is 11.8 Å². The average molecular weight is 651 g/mol. The number of ether oxygens (including phenoxy) is 4. The van der Waals surface area contributed by atoms with E-state index in [-0.39, 0.29) is 18.6 Å². The van der Waals surface area contributed by atoms with Gasteiger partial charge in [0, 0.05) is 5.56 Å². The molecule has 0 radical (unpaired) electrons. The Hall–Kier alpha value is -5.05. The SMILES string of the molecule is O=C1CC(C2CC3C(=O)OC(=O)C3c3cc(OCCCCCCCCOc4ccc(C=CC(=O)c5ccccc5)cc4)ccc32)C(=O)O1. The molecule has 0 aromatic heterocycles. The average Bonchev–Trinajstić information content (AvgIpc) is 3.59. The first-order chi connectivity index (χ1) is 23.4. The number of carbonyl (C=O) groups excluding carboxylic acids is 5. The molecule has 0 bridgehead atoms. The van der Waals surface area contributed by atoms with E-state index in [0.717, 1.165) is 55.4 Å². The Morgan fingerprint density at radius 2 is 1.31 bits per heavy atom. The molecule has 0 amide bonds. The van der Waals surface area contributed by atoms with Crippen molar-refractivity contribution in [1.29, 1.82) is 0 Å². The monoisotopic (exact) mass is 650 g/mol. The molecule has 3 aromatic rings. The van der Waals surface area contributed by atoms with Gasteiger partial charge in [0.25, 0.3) is 0 Å². The van der Waals surface area contributed by atoms with Crippen molar-refractivity contribution in [3.63, 3.8) is 0 Å². The lowest BCUT2D eigenvalue weighted by atomic mass is 9.67. The van der Waals surface area contributed by atoms with Gasteiger partial charge in [-0.15, -0.1) is 0 Å². The summed E-state index contributed by atoms with van der Waals surface area (Å²) in [5, 5.41) is 0. The first-order valence-electron chi connectivity index (χ1n) is 16.6. The second-order valence-corrected chi connectivity index (χ2v) is 12.5. The van der Waals surface area contributed by atoms with Gasteiger partial charge < -0.3 is 18.9 Å². The molecule has 6 rings (SSSR count). The summed E-state index contributed by atoms with van der Waals surface area (Å²) in [4.78, 5) is 61.4. The van der Waals surface area contributed by atoms with E-state index in [4.69, 9.17) is 18.9 Å². The van der Waals surface area contributed by atoms with Crippen molar-refractivity contribution >= 4 is 35.7 Å². The van der Waals surface area contributed by atoms with Crippen LogP contribution in [0.15, 0.2) is 78.9 Å². The number of esters is 4. The van der Waals surface area contributed by atoms with Crippen LogP contribution in [0.4, 0.5) is 0 Å². The van der Waals surface area contributed by atoms with Gasteiger partial charge in [-0.05, 0) is 72.2 Å². The number of fused-ring (bicyclic) bond motifs is 3. The number of hydrogen-bond acceptors (Lipinski definition) is 9. The molecule has 0 saturated carbocycles. The fourth-order valence-electron chi connectivity index (χ4n) is 6.78. The molecule has 1 aliphatic carbocycles. The first kappa shape index (κ1) is 32.9. The van der Waals surface area contributed by atoms with Crippen LogP contribution < -0.4 is 9.47 Å². The Morgan fingerprint density at radius 1 is 0.667 bits per heavy atom. The first-order valence-corrected chi connectivity index (χ1v) is 16.6. The van der Waals surface area contributed by atoms with E-state index in [9.17, 15) is 24.0 Å². The van der Waals surface area contributed by atoms with Gasteiger partial charge in [-0.25, -0.2) is 0 Å². The highest BCUT2D eigenvalue weighted by molar-refractivity contribution is 6.06. The summed E-state index contributed by atoms with van der Waals surface area (Å²) in [5.41, 5.74) is 2.99. The van der Waals surface area contributed by atoms with E-state index in [2.05, 4.69) is 0 Å². The van der Waals surface area contributed by atoms with Gasteiger partial charge >= 0.3 is 23.9 Å². The third kappa shape index (κ3) is 7.73. The summed E-state index contributed by atoms with van der Waals surface area (Å²) in [6, 6.07) is 22.3. The van der Waals surface area contributed by atoms with Crippen LogP contribution in [-0.4, -0.2) is 42.9 Å². The lowest BCUT2D eigenvalue weighted by Crippen LogP contribution is -2.31. The molecule has 9 heteroatoms. The Bertz CT molecular complexity index is 1690. The van der Waals surface area contributed by atoms with Crippen LogP contribution >= 0.6 is 0 Å². The molecule has 4 unspecified atom stereocenters. The summed E-state index contributed by atoms with van der Waals surface area (Å²) in [7, 11) is 0. The lowest BCUT2D eigenvalue weighted by molar-refractivity contribution is -0.155. The molecule has 2 aliphatic heterocycles. The number of rotatable bonds is 15. The zero-order chi connectivity index (χ0) is 33.5. The Balaban J connectivity index is 0.886. The predicted octanol–water partition coefficient (Wildman–Crippen LogP) is 6.74. The molecule has 0 N–H and O–H groups in total. The van der Waals surface area contributed by atoms with E-state index >= 15 is 0 Å². The summed E-state index contributed by atoms with van der Waals surface area (Å²) in [6.07, 6.45) is 9.67. The molecule has 48 heavy (non-hydrogen) atoms. The maximum Gasteiger partial charge on any atom is 0.321 e. The second-order valence-electron chi connectivity index (χ2n) is 12.5. The molecule has 2 fully saturated rings. The molecule has 2 heterocycles. The van der Waals surface area contributed by atoms with Crippen LogP contribution in [0.3, 0.4) is 0 Å². The van der Waals surface area contributed by atoms with Crippen LogP contribution in [0.5, 0.6) is 11.5 Å². The summed E-state index contributed by atoms with van der Waals surface area (Å²) < 4.78 is 21.6. The fraction of sp³-hybridized carbons (Fsp3) is 0.359. The van der Waals surface area contributed by atoms with Crippen LogP contribution in [0.2, 0.25) is 0 Å². The van der Waals surface area contributed by atoms with E-state index in [1.54, 1.807) is 30.4 Å². The zero-order valence-electron chi connectivity index (χ0n) is 26.6. The second kappa shape index (κ2) is 15.2. The molecular weight excluding hydrogens is 612 g/mol. The molecule has 3 aromatic carbocycles. The predicted molar refractivity (Wildman–Crippen MR) is 175 cm³/mol. The van der Waals surface area contributed by atoms with Crippen LogP contribution in [-0.2, 0) is 28.7 Å². The van der Waals surface area contributed by atoms with Crippen molar-refractivity contribution < 1.29 is 42.9 Å². The number of ketones is 1. The van der Waals surface area contributed by atoms with Gasteiger partial charge in [0.1, 0.15) is 11.5 Å². The highest BCUT2D eigenvalue weighted by atomic mass is 16.6. The molecule has 248 valence electrons. The molecule has 9 nitrogen and oxygen atoms in total. The van der Waals surface area contributed by atoms with Crippen molar-refractivity contribution in [2.75, 3.05) is 13.2 Å². The van der Waals surface area contributed by atoms with Crippen LogP contribution in [0.25, 0.3) is 6.08 Å². The molecule has 3 aliphatic rings. The molecule has 0 spiro atoms. The van der Waals surface area contributed by atoms with Crippen molar-refractivity contribution in [1.82, 2.24) is 0 Å². The maximum absolute atomic E-state index is 12.6. The Kier molecular flexibility index (Phi) is 10.4. The summed E-state index contributed by atoms with van der Waals surface area (Å²) in [6.45, 7) is 1.15. The molecule has 2 saturated heterocycles. The number of unbranched alkanes of at least 4 members (excludes halogenated alkanes) is 5. The normalized spacial score (nSPS) is 21.5. The largest absolute Gasteiger partial charge is 0.494 e.